The highest BCUT2D eigenvalue weighted by molar-refractivity contribution is 5.79. The SMILES string of the molecule is C#Cc1cc(N)cc(CNC(=O)OCC2c3ccccc3-c3ccccc32)c1. The number of hydrogen-bond acceptors (Lipinski definition) is 3. The molecule has 0 saturated carbocycles. The summed E-state index contributed by atoms with van der Waals surface area (Å²) in [5.74, 6) is 2.59. The molecular weight excluding hydrogens is 348 g/mol. The molecule has 0 aliphatic heterocycles. The molecule has 0 spiro atoms. The van der Waals surface area contributed by atoms with Gasteiger partial charge in [0.2, 0.25) is 0 Å². The van der Waals surface area contributed by atoms with Crippen molar-refractivity contribution in [3.05, 3.63) is 89.0 Å². The quantitative estimate of drug-likeness (QED) is 0.533. The number of carbonyl (C=O) groups is 1. The number of terminal acetylenes is 1. The Bertz CT molecular complexity index is 1040. The predicted molar refractivity (Wildman–Crippen MR) is 111 cm³/mol. The van der Waals surface area contributed by atoms with Crippen molar-refractivity contribution in [2.45, 2.75) is 12.5 Å². The summed E-state index contributed by atoms with van der Waals surface area (Å²) >= 11 is 0. The van der Waals surface area contributed by atoms with Crippen LogP contribution in [-0.4, -0.2) is 12.7 Å². The van der Waals surface area contributed by atoms with E-state index in [9.17, 15) is 4.79 Å². The Hall–Kier alpha value is -3.71. The molecule has 0 aromatic heterocycles. The Morgan fingerprint density at radius 3 is 2.32 bits per heavy atom. The van der Waals surface area contributed by atoms with Crippen molar-refractivity contribution in [3.63, 3.8) is 0 Å². The molecule has 3 N–H and O–H groups in total. The minimum atomic E-state index is -0.466. The third-order valence-electron chi connectivity index (χ3n) is 4.96. The number of benzene rings is 3. The van der Waals surface area contributed by atoms with Crippen LogP contribution in [0.1, 0.15) is 28.2 Å². The van der Waals surface area contributed by atoms with Crippen molar-refractivity contribution < 1.29 is 9.53 Å². The average molecular weight is 368 g/mol. The van der Waals surface area contributed by atoms with Crippen LogP contribution >= 0.6 is 0 Å². The lowest BCUT2D eigenvalue weighted by Gasteiger charge is -2.14. The van der Waals surface area contributed by atoms with Crippen LogP contribution in [-0.2, 0) is 11.3 Å². The second-order valence-corrected chi connectivity index (χ2v) is 6.79. The largest absolute Gasteiger partial charge is 0.449 e. The lowest BCUT2D eigenvalue weighted by molar-refractivity contribution is 0.142. The van der Waals surface area contributed by atoms with Gasteiger partial charge in [0.05, 0.1) is 0 Å². The zero-order valence-corrected chi connectivity index (χ0v) is 15.3. The molecule has 4 heteroatoms. The molecule has 138 valence electrons. The second-order valence-electron chi connectivity index (χ2n) is 6.79. The minimum Gasteiger partial charge on any atom is -0.449 e. The number of nitrogens with two attached hydrogens (primary N) is 1. The lowest BCUT2D eigenvalue weighted by Crippen LogP contribution is -2.25. The first-order valence-electron chi connectivity index (χ1n) is 9.10. The third-order valence-corrected chi connectivity index (χ3v) is 4.96. The van der Waals surface area contributed by atoms with Gasteiger partial charge in [0.25, 0.3) is 0 Å². The topological polar surface area (TPSA) is 64.3 Å². The fourth-order valence-corrected chi connectivity index (χ4v) is 3.73. The van der Waals surface area contributed by atoms with Gasteiger partial charge in [-0.3, -0.25) is 0 Å². The highest BCUT2D eigenvalue weighted by atomic mass is 16.5. The maximum Gasteiger partial charge on any atom is 0.407 e. The van der Waals surface area contributed by atoms with Crippen LogP contribution in [0, 0.1) is 12.3 Å². The highest BCUT2D eigenvalue weighted by Crippen LogP contribution is 2.44. The van der Waals surface area contributed by atoms with Gasteiger partial charge in [-0.25, -0.2) is 4.79 Å². The molecule has 0 atom stereocenters. The highest BCUT2D eigenvalue weighted by Gasteiger charge is 2.28. The van der Waals surface area contributed by atoms with Crippen LogP contribution in [0.4, 0.5) is 10.5 Å². The number of anilines is 1. The van der Waals surface area contributed by atoms with Crippen LogP contribution in [0.3, 0.4) is 0 Å². The van der Waals surface area contributed by atoms with Gasteiger partial charge in [-0.1, -0.05) is 54.5 Å². The summed E-state index contributed by atoms with van der Waals surface area (Å²) in [4.78, 5) is 12.2. The van der Waals surface area contributed by atoms with Gasteiger partial charge < -0.3 is 15.8 Å². The number of fused-ring (bicyclic) bond motifs is 3. The minimum absolute atomic E-state index is 0.0403. The van der Waals surface area contributed by atoms with Gasteiger partial charge >= 0.3 is 6.09 Å². The summed E-state index contributed by atoms with van der Waals surface area (Å²) in [7, 11) is 0. The van der Waals surface area contributed by atoms with E-state index >= 15 is 0 Å². The molecule has 0 heterocycles. The van der Waals surface area contributed by atoms with Crippen molar-refractivity contribution >= 4 is 11.8 Å². The summed E-state index contributed by atoms with van der Waals surface area (Å²) < 4.78 is 5.53. The van der Waals surface area contributed by atoms with E-state index in [-0.39, 0.29) is 12.5 Å². The first-order chi connectivity index (χ1) is 13.7. The van der Waals surface area contributed by atoms with Crippen molar-refractivity contribution in [2.75, 3.05) is 12.3 Å². The smallest absolute Gasteiger partial charge is 0.407 e. The Labute approximate surface area is 164 Å². The fraction of sp³-hybridized carbons (Fsp3) is 0.125. The maximum absolute atomic E-state index is 12.2. The lowest BCUT2D eigenvalue weighted by atomic mass is 9.98. The van der Waals surface area contributed by atoms with Crippen molar-refractivity contribution in [3.8, 4) is 23.5 Å². The summed E-state index contributed by atoms with van der Waals surface area (Å²) in [6.07, 6.45) is 4.96. The van der Waals surface area contributed by atoms with E-state index in [0.29, 0.717) is 17.8 Å². The Kier molecular flexibility index (Phi) is 4.74. The molecule has 4 nitrogen and oxygen atoms in total. The molecular formula is C24H20N2O2. The number of nitrogen functional groups attached to an aromatic ring is 1. The molecule has 0 fully saturated rings. The number of amides is 1. The summed E-state index contributed by atoms with van der Waals surface area (Å²) in [6.45, 7) is 0.586. The second kappa shape index (κ2) is 7.50. The molecule has 28 heavy (non-hydrogen) atoms. The number of nitrogens with one attached hydrogen (secondary N) is 1. The zero-order valence-electron chi connectivity index (χ0n) is 15.3. The van der Waals surface area contributed by atoms with Gasteiger partial charge in [-0.2, -0.15) is 0 Å². The molecule has 0 bridgehead atoms. The molecule has 0 radical (unpaired) electrons. The first-order valence-corrected chi connectivity index (χ1v) is 9.10. The van der Waals surface area contributed by atoms with Crippen molar-refractivity contribution in [1.29, 1.82) is 0 Å². The molecule has 0 saturated heterocycles. The fourth-order valence-electron chi connectivity index (χ4n) is 3.73. The van der Waals surface area contributed by atoms with Crippen LogP contribution in [0.15, 0.2) is 66.7 Å². The van der Waals surface area contributed by atoms with Crippen LogP contribution in [0.5, 0.6) is 0 Å². The Morgan fingerprint density at radius 2 is 1.68 bits per heavy atom. The van der Waals surface area contributed by atoms with Gasteiger partial charge in [0.1, 0.15) is 6.61 Å². The summed E-state index contributed by atoms with van der Waals surface area (Å²) in [6, 6.07) is 21.8. The molecule has 1 aliphatic rings. The molecule has 1 aliphatic carbocycles. The molecule has 0 unspecified atom stereocenters. The average Bonchev–Trinajstić information content (AvgIpc) is 3.04. The van der Waals surface area contributed by atoms with E-state index in [0.717, 1.165) is 5.56 Å². The normalized spacial score (nSPS) is 12.0. The van der Waals surface area contributed by atoms with Gasteiger partial charge in [-0.15, -0.1) is 6.42 Å². The predicted octanol–water partition coefficient (Wildman–Crippen LogP) is 4.29. The molecule has 1 amide bonds. The third kappa shape index (κ3) is 3.43. The standard InChI is InChI=1S/C24H20N2O2/c1-2-16-11-17(13-18(25)12-16)14-26-24(27)28-15-23-21-9-5-3-7-19(21)20-8-4-6-10-22(20)23/h1,3-13,23H,14-15,25H2,(H,26,27). The van der Waals surface area contributed by atoms with Crippen molar-refractivity contribution in [2.24, 2.45) is 0 Å². The number of ether oxygens (including phenoxy) is 1. The van der Waals surface area contributed by atoms with E-state index < -0.39 is 6.09 Å². The first kappa shape index (κ1) is 17.7. The Morgan fingerprint density at radius 1 is 1.04 bits per heavy atom. The van der Waals surface area contributed by atoms with Gasteiger partial charge in [0.15, 0.2) is 0 Å². The van der Waals surface area contributed by atoms with Crippen molar-refractivity contribution in [1.82, 2.24) is 5.32 Å². The van der Waals surface area contributed by atoms with Crippen LogP contribution < -0.4 is 11.1 Å². The van der Waals surface area contributed by atoms with Crippen LogP contribution in [0.25, 0.3) is 11.1 Å². The van der Waals surface area contributed by atoms with Gasteiger partial charge in [0, 0.05) is 23.7 Å². The van der Waals surface area contributed by atoms with E-state index in [2.05, 4.69) is 35.5 Å². The zero-order chi connectivity index (χ0) is 19.5. The number of alkyl carbamates (subject to hydrolysis) is 1. The van der Waals surface area contributed by atoms with Gasteiger partial charge in [-0.05, 0) is 46.0 Å². The van der Waals surface area contributed by atoms with E-state index in [1.165, 1.54) is 22.3 Å². The van der Waals surface area contributed by atoms with Crippen LogP contribution in [0.2, 0.25) is 0 Å². The van der Waals surface area contributed by atoms with E-state index in [1.807, 2.05) is 30.3 Å². The molecule has 3 aromatic rings. The molecule has 3 aromatic carbocycles. The number of hydrogen-bond donors (Lipinski definition) is 2. The number of carbonyl (C=O) groups excluding carboxylic acids is 1. The Balaban J connectivity index is 1.42. The summed E-state index contributed by atoms with van der Waals surface area (Å²) in [5, 5.41) is 2.76. The van der Waals surface area contributed by atoms with E-state index in [4.69, 9.17) is 16.9 Å². The summed E-state index contributed by atoms with van der Waals surface area (Å²) in [5.41, 5.74) is 12.7. The molecule has 4 rings (SSSR count). The maximum atomic E-state index is 12.2. The van der Waals surface area contributed by atoms with E-state index in [1.54, 1.807) is 12.1 Å². The number of rotatable bonds is 4. The monoisotopic (exact) mass is 368 g/mol.